The third-order valence-electron chi connectivity index (χ3n) is 3.69. The van der Waals surface area contributed by atoms with Crippen LogP contribution in [0.3, 0.4) is 0 Å². The van der Waals surface area contributed by atoms with Crippen molar-refractivity contribution in [1.29, 1.82) is 0 Å². The van der Waals surface area contributed by atoms with Crippen LogP contribution in [0.15, 0.2) is 45.8 Å². The molecule has 4 rings (SSSR count). The first-order valence-corrected chi connectivity index (χ1v) is 8.13. The number of benzene rings is 1. The van der Waals surface area contributed by atoms with Crippen LogP contribution < -0.4 is 5.56 Å². The zero-order valence-electron chi connectivity index (χ0n) is 12.0. The molecule has 0 amide bonds. The van der Waals surface area contributed by atoms with Gasteiger partial charge in [0.25, 0.3) is 11.2 Å². The van der Waals surface area contributed by atoms with Crippen molar-refractivity contribution in [3.63, 3.8) is 0 Å². The summed E-state index contributed by atoms with van der Waals surface area (Å²) < 4.78 is 8.20. The summed E-state index contributed by atoms with van der Waals surface area (Å²) in [4.78, 5) is 26.3. The minimum absolute atomic E-state index is 0.0266. The topological polar surface area (TPSA) is 94.1 Å². The summed E-state index contributed by atoms with van der Waals surface area (Å²) in [5.74, 6) is 0.618. The van der Waals surface area contributed by atoms with Crippen LogP contribution in [0.1, 0.15) is 5.76 Å². The third-order valence-corrected chi connectivity index (χ3v) is 5.17. The molecule has 0 aliphatic heterocycles. The third kappa shape index (κ3) is 2.25. The van der Waals surface area contributed by atoms with E-state index in [1.165, 1.54) is 34.3 Å². The van der Waals surface area contributed by atoms with Gasteiger partial charge in [0, 0.05) is 22.2 Å². The lowest BCUT2D eigenvalue weighted by Crippen LogP contribution is -2.21. The molecule has 3 heterocycles. The number of nitrogens with zero attached hydrogens (tertiary/aromatic N) is 2. The number of nitro groups is 1. The van der Waals surface area contributed by atoms with Crippen LogP contribution in [0.2, 0.25) is 0 Å². The van der Waals surface area contributed by atoms with Gasteiger partial charge in [-0.15, -0.1) is 11.3 Å². The zero-order valence-corrected chi connectivity index (χ0v) is 13.6. The highest BCUT2D eigenvalue weighted by Crippen LogP contribution is 2.33. The van der Waals surface area contributed by atoms with Gasteiger partial charge in [-0.1, -0.05) is 0 Å². The number of rotatable bonds is 3. The summed E-state index contributed by atoms with van der Waals surface area (Å²) in [7, 11) is 0. The van der Waals surface area contributed by atoms with Crippen molar-refractivity contribution in [3.05, 3.63) is 67.6 Å². The lowest BCUT2D eigenvalue weighted by Gasteiger charge is -2.04. The van der Waals surface area contributed by atoms with Crippen LogP contribution in [0.5, 0.6) is 0 Å². The van der Waals surface area contributed by atoms with E-state index in [2.05, 4.69) is 4.98 Å². The molecule has 0 unspecified atom stereocenters. The summed E-state index contributed by atoms with van der Waals surface area (Å²) in [5.41, 5.74) is 0.264. The average Bonchev–Trinajstić information content (AvgIpc) is 3.18. The molecular weight excluding hydrogens is 350 g/mol. The van der Waals surface area contributed by atoms with Crippen molar-refractivity contribution in [3.8, 4) is 0 Å². The Morgan fingerprint density at radius 2 is 2.21 bits per heavy atom. The van der Waals surface area contributed by atoms with E-state index in [1.54, 1.807) is 18.2 Å². The van der Waals surface area contributed by atoms with E-state index >= 15 is 0 Å². The smallest absolute Gasteiger partial charge is 0.272 e. The van der Waals surface area contributed by atoms with Crippen molar-refractivity contribution in [2.45, 2.75) is 6.54 Å². The number of hydrogen-bond acceptors (Lipinski definition) is 6. The summed E-state index contributed by atoms with van der Waals surface area (Å²) in [6, 6.07) is 8.03. The Labute approximate surface area is 142 Å². The van der Waals surface area contributed by atoms with E-state index in [0.29, 0.717) is 21.4 Å². The lowest BCUT2D eigenvalue weighted by atomic mass is 10.2. The van der Waals surface area contributed by atoms with Crippen LogP contribution in [0.4, 0.5) is 5.69 Å². The van der Waals surface area contributed by atoms with Crippen molar-refractivity contribution in [2.75, 3.05) is 0 Å². The average molecular weight is 359 g/mol. The van der Waals surface area contributed by atoms with Gasteiger partial charge in [-0.25, -0.2) is 0 Å². The minimum Gasteiger partial charge on any atom is -0.467 e. The molecule has 0 radical (unpaired) electrons. The number of thiophene rings is 1. The second kappa shape index (κ2) is 5.39. The summed E-state index contributed by atoms with van der Waals surface area (Å²) >= 11 is 6.57. The highest BCUT2D eigenvalue weighted by molar-refractivity contribution is 7.71. The maximum atomic E-state index is 12.8. The standard InChI is InChI=1S/C15H9N3O4S2/c19-14-13-12(10-6-8(18(20)21)3-4-11(10)24-13)16-15(23)17(14)7-9-2-1-5-22-9/h1-6H,7H2,(H,16,23). The number of hydrogen-bond donors (Lipinski definition) is 1. The lowest BCUT2D eigenvalue weighted by molar-refractivity contribution is -0.384. The van der Waals surface area contributed by atoms with Gasteiger partial charge in [-0.05, 0) is 30.4 Å². The molecule has 4 aromatic rings. The van der Waals surface area contributed by atoms with Gasteiger partial charge in [0.05, 0.1) is 23.2 Å². The van der Waals surface area contributed by atoms with Crippen LogP contribution in [-0.4, -0.2) is 14.5 Å². The highest BCUT2D eigenvalue weighted by atomic mass is 32.1. The largest absolute Gasteiger partial charge is 0.467 e. The number of non-ortho nitro benzene ring substituents is 1. The minimum atomic E-state index is -0.463. The number of aromatic amines is 1. The number of furan rings is 1. The SMILES string of the molecule is O=c1c2sc3ccc([N+](=O)[O-])cc3c2[nH]c(=S)n1Cc1ccco1. The Bertz CT molecular complexity index is 1200. The van der Waals surface area contributed by atoms with Crippen LogP contribution in [0, 0.1) is 14.9 Å². The normalized spacial score (nSPS) is 11.3. The van der Waals surface area contributed by atoms with Crippen molar-refractivity contribution < 1.29 is 9.34 Å². The van der Waals surface area contributed by atoms with E-state index in [4.69, 9.17) is 16.6 Å². The van der Waals surface area contributed by atoms with Gasteiger partial charge < -0.3 is 9.40 Å². The van der Waals surface area contributed by atoms with Crippen LogP contribution >= 0.6 is 23.6 Å². The molecule has 7 nitrogen and oxygen atoms in total. The molecule has 0 bridgehead atoms. The molecular formula is C15H9N3O4S2. The van der Waals surface area contributed by atoms with Gasteiger partial charge >= 0.3 is 0 Å². The van der Waals surface area contributed by atoms with Gasteiger partial charge in [0.15, 0.2) is 4.77 Å². The molecule has 0 aliphatic rings. The van der Waals surface area contributed by atoms with Crippen LogP contribution in [-0.2, 0) is 6.54 Å². The molecule has 0 atom stereocenters. The fourth-order valence-corrected chi connectivity index (χ4v) is 3.90. The molecule has 1 aromatic carbocycles. The van der Waals surface area contributed by atoms with Crippen molar-refractivity contribution >= 4 is 49.5 Å². The van der Waals surface area contributed by atoms with Crippen molar-refractivity contribution in [2.24, 2.45) is 0 Å². The second-order valence-electron chi connectivity index (χ2n) is 5.14. The maximum Gasteiger partial charge on any atom is 0.272 e. The summed E-state index contributed by atoms with van der Waals surface area (Å²) in [6.45, 7) is 0.228. The fraction of sp³-hybridized carbons (Fsp3) is 0.0667. The monoisotopic (exact) mass is 359 g/mol. The molecule has 0 saturated carbocycles. The van der Waals surface area contributed by atoms with Gasteiger partial charge in [-0.2, -0.15) is 0 Å². The molecule has 24 heavy (non-hydrogen) atoms. The van der Waals surface area contributed by atoms with E-state index in [-0.39, 0.29) is 22.6 Å². The molecule has 0 saturated heterocycles. The number of aromatic nitrogens is 2. The van der Waals surface area contributed by atoms with E-state index in [9.17, 15) is 14.9 Å². The van der Waals surface area contributed by atoms with Gasteiger partial charge in [0.1, 0.15) is 10.5 Å². The Balaban J connectivity index is 2.00. The summed E-state index contributed by atoms with van der Waals surface area (Å²) in [5, 5.41) is 11.6. The fourth-order valence-electron chi connectivity index (χ4n) is 2.57. The first-order chi connectivity index (χ1) is 11.5. The van der Waals surface area contributed by atoms with Gasteiger partial charge in [-0.3, -0.25) is 19.5 Å². The first kappa shape index (κ1) is 14.8. The Hall–Kier alpha value is -2.78. The van der Waals surface area contributed by atoms with E-state index in [0.717, 1.165) is 4.70 Å². The second-order valence-corrected chi connectivity index (χ2v) is 6.58. The highest BCUT2D eigenvalue weighted by Gasteiger charge is 2.15. The zero-order chi connectivity index (χ0) is 16.8. The molecule has 0 fully saturated rings. The molecule has 0 spiro atoms. The Kier molecular flexibility index (Phi) is 3.32. The molecule has 9 heteroatoms. The number of H-pyrrole nitrogens is 1. The number of nitro benzene ring substituents is 1. The van der Waals surface area contributed by atoms with E-state index < -0.39 is 4.92 Å². The predicted molar refractivity (Wildman–Crippen MR) is 93.2 cm³/mol. The Morgan fingerprint density at radius 3 is 2.92 bits per heavy atom. The first-order valence-electron chi connectivity index (χ1n) is 6.91. The number of nitrogens with one attached hydrogen (secondary N) is 1. The molecule has 0 aliphatic carbocycles. The predicted octanol–water partition coefficient (Wildman–Crippen LogP) is 3.82. The quantitative estimate of drug-likeness (QED) is 0.341. The van der Waals surface area contributed by atoms with Crippen molar-refractivity contribution in [1.82, 2.24) is 9.55 Å². The van der Waals surface area contributed by atoms with Crippen LogP contribution in [0.25, 0.3) is 20.3 Å². The van der Waals surface area contributed by atoms with Gasteiger partial charge in [0.2, 0.25) is 0 Å². The molecule has 1 N–H and O–H groups in total. The Morgan fingerprint density at radius 1 is 1.38 bits per heavy atom. The number of fused-ring (bicyclic) bond motifs is 3. The molecule has 3 aromatic heterocycles. The van der Waals surface area contributed by atoms with E-state index in [1.807, 2.05) is 0 Å². The maximum absolute atomic E-state index is 12.8. The molecule has 120 valence electrons. The summed E-state index contributed by atoms with van der Waals surface area (Å²) in [6.07, 6.45) is 1.53.